The van der Waals surface area contributed by atoms with Crippen LogP contribution in [0, 0.1) is 0 Å². The highest BCUT2D eigenvalue weighted by atomic mass is 16.5. The first-order valence-electron chi connectivity index (χ1n) is 6.25. The van der Waals surface area contributed by atoms with Gasteiger partial charge in [0, 0.05) is 13.1 Å². The van der Waals surface area contributed by atoms with Crippen molar-refractivity contribution in [3.8, 4) is 0 Å². The third-order valence-electron chi connectivity index (χ3n) is 2.96. The minimum absolute atomic E-state index is 0.0504. The second kappa shape index (κ2) is 7.33. The van der Waals surface area contributed by atoms with Crippen molar-refractivity contribution in [2.24, 2.45) is 0 Å². The highest BCUT2D eigenvalue weighted by molar-refractivity contribution is 5.77. The normalized spacial score (nSPS) is 21.7. The highest BCUT2D eigenvalue weighted by Crippen LogP contribution is 2.09. The van der Waals surface area contributed by atoms with Gasteiger partial charge in [0.15, 0.2) is 0 Å². The van der Waals surface area contributed by atoms with Crippen LogP contribution in [-0.2, 0) is 19.1 Å². The van der Waals surface area contributed by atoms with Crippen molar-refractivity contribution in [2.45, 2.75) is 38.9 Å². The van der Waals surface area contributed by atoms with E-state index in [1.165, 1.54) is 0 Å². The maximum Gasteiger partial charge on any atom is 0.306 e. The zero-order chi connectivity index (χ0) is 13.5. The number of ether oxygens (including phenoxy) is 2. The van der Waals surface area contributed by atoms with Crippen molar-refractivity contribution < 1.29 is 24.2 Å². The van der Waals surface area contributed by atoms with Gasteiger partial charge in [-0.15, -0.1) is 0 Å². The number of amides is 1. The molecule has 1 rings (SSSR count). The van der Waals surface area contributed by atoms with Crippen LogP contribution in [0.15, 0.2) is 0 Å². The van der Waals surface area contributed by atoms with Crippen LogP contribution in [-0.4, -0.2) is 60.4 Å². The first-order valence-corrected chi connectivity index (χ1v) is 6.25. The summed E-state index contributed by atoms with van der Waals surface area (Å²) < 4.78 is 10.7. The zero-order valence-electron chi connectivity index (χ0n) is 10.9. The molecule has 0 aromatic carbocycles. The largest absolute Gasteiger partial charge is 0.481 e. The molecule has 18 heavy (non-hydrogen) atoms. The van der Waals surface area contributed by atoms with Gasteiger partial charge in [0.05, 0.1) is 25.2 Å². The molecule has 1 aliphatic heterocycles. The van der Waals surface area contributed by atoms with E-state index in [1.807, 2.05) is 13.8 Å². The predicted octanol–water partition coefficient (Wildman–Crippen LogP) is 0.504. The number of hydrogen-bond acceptors (Lipinski definition) is 4. The number of carboxylic acid groups (broad SMARTS) is 1. The fourth-order valence-corrected chi connectivity index (χ4v) is 1.69. The van der Waals surface area contributed by atoms with E-state index in [0.29, 0.717) is 19.7 Å². The molecule has 1 fully saturated rings. The van der Waals surface area contributed by atoms with E-state index in [2.05, 4.69) is 0 Å². The molecule has 0 spiro atoms. The number of nitrogens with zero attached hydrogens (tertiary/aromatic N) is 1. The van der Waals surface area contributed by atoms with Gasteiger partial charge in [-0.25, -0.2) is 0 Å². The summed E-state index contributed by atoms with van der Waals surface area (Å²) in [6.45, 7) is 5.17. The molecule has 104 valence electrons. The standard InChI is InChI=1S/C12H21NO5/c1-3-9(2)18-8-11(14)13-4-5-17-10(7-13)6-12(15)16/h9-10H,3-8H2,1-2H3,(H,15,16). The third kappa shape index (κ3) is 5.01. The molecule has 1 saturated heterocycles. The second-order valence-corrected chi connectivity index (χ2v) is 4.46. The molecule has 0 aromatic rings. The van der Waals surface area contributed by atoms with Crippen LogP contribution >= 0.6 is 0 Å². The molecule has 0 saturated carbocycles. The smallest absolute Gasteiger partial charge is 0.306 e. The van der Waals surface area contributed by atoms with Crippen LogP contribution in [0.5, 0.6) is 0 Å². The van der Waals surface area contributed by atoms with Crippen LogP contribution < -0.4 is 0 Å². The van der Waals surface area contributed by atoms with Gasteiger partial charge in [0.2, 0.25) is 5.91 Å². The Labute approximate surface area is 107 Å². The summed E-state index contributed by atoms with van der Waals surface area (Å²) in [6.07, 6.45) is 0.433. The fraction of sp³-hybridized carbons (Fsp3) is 0.833. The first-order chi connectivity index (χ1) is 8.52. The van der Waals surface area contributed by atoms with E-state index >= 15 is 0 Å². The van der Waals surface area contributed by atoms with E-state index in [0.717, 1.165) is 6.42 Å². The third-order valence-corrected chi connectivity index (χ3v) is 2.96. The summed E-state index contributed by atoms with van der Waals surface area (Å²) in [4.78, 5) is 24.0. The van der Waals surface area contributed by atoms with Gasteiger partial charge in [-0.05, 0) is 13.3 Å². The van der Waals surface area contributed by atoms with Crippen LogP contribution in [0.25, 0.3) is 0 Å². The summed E-state index contributed by atoms with van der Waals surface area (Å²) in [5.74, 6) is -1.01. The van der Waals surface area contributed by atoms with Crippen molar-refractivity contribution >= 4 is 11.9 Å². The Morgan fingerprint density at radius 2 is 2.28 bits per heavy atom. The predicted molar refractivity (Wildman–Crippen MR) is 64.3 cm³/mol. The lowest BCUT2D eigenvalue weighted by atomic mass is 10.2. The van der Waals surface area contributed by atoms with Gasteiger partial charge in [-0.3, -0.25) is 9.59 Å². The molecule has 1 amide bonds. The summed E-state index contributed by atoms with van der Waals surface area (Å²) in [5, 5.41) is 8.69. The van der Waals surface area contributed by atoms with Gasteiger partial charge in [-0.1, -0.05) is 6.92 Å². The Bertz CT molecular complexity index is 294. The van der Waals surface area contributed by atoms with Gasteiger partial charge < -0.3 is 19.5 Å². The molecule has 0 radical (unpaired) electrons. The van der Waals surface area contributed by atoms with Crippen LogP contribution in [0.1, 0.15) is 26.7 Å². The Morgan fingerprint density at radius 3 is 2.89 bits per heavy atom. The lowest BCUT2D eigenvalue weighted by Gasteiger charge is -2.32. The minimum Gasteiger partial charge on any atom is -0.481 e. The quantitative estimate of drug-likeness (QED) is 0.752. The molecule has 0 bridgehead atoms. The molecule has 1 N–H and O–H groups in total. The molecule has 2 atom stereocenters. The Morgan fingerprint density at radius 1 is 1.56 bits per heavy atom. The first kappa shape index (κ1) is 14.9. The Kier molecular flexibility index (Phi) is 6.07. The second-order valence-electron chi connectivity index (χ2n) is 4.46. The number of carbonyl (C=O) groups is 2. The zero-order valence-corrected chi connectivity index (χ0v) is 10.9. The van der Waals surface area contributed by atoms with Crippen molar-refractivity contribution in [1.29, 1.82) is 0 Å². The number of carboxylic acids is 1. The molecule has 0 aromatic heterocycles. The van der Waals surface area contributed by atoms with E-state index in [9.17, 15) is 9.59 Å². The van der Waals surface area contributed by atoms with Crippen LogP contribution in [0.4, 0.5) is 0 Å². The highest BCUT2D eigenvalue weighted by Gasteiger charge is 2.25. The summed E-state index contributed by atoms with van der Waals surface area (Å²) in [5.41, 5.74) is 0. The van der Waals surface area contributed by atoms with E-state index in [1.54, 1.807) is 4.90 Å². The molecule has 0 aliphatic carbocycles. The lowest BCUT2D eigenvalue weighted by molar-refractivity contribution is -0.151. The molecule has 1 heterocycles. The average molecular weight is 259 g/mol. The number of aliphatic carboxylic acids is 1. The van der Waals surface area contributed by atoms with Gasteiger partial charge in [0.25, 0.3) is 0 Å². The molecular weight excluding hydrogens is 238 g/mol. The van der Waals surface area contributed by atoms with Crippen LogP contribution in [0.2, 0.25) is 0 Å². The topological polar surface area (TPSA) is 76.1 Å². The van der Waals surface area contributed by atoms with Gasteiger partial charge >= 0.3 is 5.97 Å². The molecule has 6 heteroatoms. The average Bonchev–Trinajstić information content (AvgIpc) is 2.35. The van der Waals surface area contributed by atoms with Crippen molar-refractivity contribution in [3.63, 3.8) is 0 Å². The number of carbonyl (C=O) groups excluding carboxylic acids is 1. The maximum atomic E-state index is 11.8. The minimum atomic E-state index is -0.912. The lowest BCUT2D eigenvalue weighted by Crippen LogP contribution is -2.47. The molecule has 2 unspecified atom stereocenters. The van der Waals surface area contributed by atoms with Crippen LogP contribution in [0.3, 0.4) is 0 Å². The van der Waals surface area contributed by atoms with Gasteiger partial charge in [0.1, 0.15) is 6.61 Å². The Hall–Kier alpha value is -1.14. The van der Waals surface area contributed by atoms with Crippen molar-refractivity contribution in [1.82, 2.24) is 4.90 Å². The Balaban J connectivity index is 2.36. The van der Waals surface area contributed by atoms with Crippen molar-refractivity contribution in [3.05, 3.63) is 0 Å². The molecule has 1 aliphatic rings. The van der Waals surface area contributed by atoms with E-state index < -0.39 is 12.1 Å². The summed E-state index contributed by atoms with van der Waals surface area (Å²) >= 11 is 0. The van der Waals surface area contributed by atoms with E-state index in [4.69, 9.17) is 14.6 Å². The number of hydrogen-bond donors (Lipinski definition) is 1. The summed E-state index contributed by atoms with van der Waals surface area (Å²) in [7, 11) is 0. The van der Waals surface area contributed by atoms with E-state index in [-0.39, 0.29) is 25.0 Å². The monoisotopic (exact) mass is 259 g/mol. The molecule has 6 nitrogen and oxygen atoms in total. The number of rotatable bonds is 6. The fourth-order valence-electron chi connectivity index (χ4n) is 1.69. The maximum absolute atomic E-state index is 11.8. The van der Waals surface area contributed by atoms with Crippen molar-refractivity contribution in [2.75, 3.05) is 26.3 Å². The SMILES string of the molecule is CCC(C)OCC(=O)N1CCOC(CC(=O)O)C1. The van der Waals surface area contributed by atoms with Gasteiger partial charge in [-0.2, -0.15) is 0 Å². The number of morpholine rings is 1. The molecular formula is C12H21NO5. The summed E-state index contributed by atoms with van der Waals surface area (Å²) in [6, 6.07) is 0.